The van der Waals surface area contributed by atoms with Crippen LogP contribution in [0.2, 0.25) is 0 Å². The zero-order valence-corrected chi connectivity index (χ0v) is 24.9. The van der Waals surface area contributed by atoms with Gasteiger partial charge in [-0.2, -0.15) is 0 Å². The zero-order chi connectivity index (χ0) is 20.2. The van der Waals surface area contributed by atoms with Crippen molar-refractivity contribution in [2.24, 2.45) is 0 Å². The third kappa shape index (κ3) is 8.75. The molecule has 0 aliphatic heterocycles. The van der Waals surface area contributed by atoms with Gasteiger partial charge >= 0.3 is 0 Å². The van der Waals surface area contributed by atoms with Crippen LogP contribution < -0.4 is 0 Å². The standard InChI is InChI=1S/C22H34I2S4/c1-3-5-7-9-11-13-15-25-19-17-18(28-21(19)23)20(22(24)27-17)26-16-14-12-10-8-6-4-2/h3-16H2,1-2H3. The number of thioether (sulfide) groups is 2. The lowest BCUT2D eigenvalue weighted by atomic mass is 10.1. The van der Waals surface area contributed by atoms with Gasteiger partial charge in [-0.1, -0.05) is 78.1 Å². The Bertz CT molecular complexity index is 620. The molecule has 0 aromatic carbocycles. The molecular formula is C22H34I2S4. The molecule has 0 amide bonds. The van der Waals surface area contributed by atoms with Gasteiger partial charge in [0.25, 0.3) is 0 Å². The Balaban J connectivity index is 1.81. The summed E-state index contributed by atoms with van der Waals surface area (Å²) in [6.07, 6.45) is 16.7. The SMILES string of the molecule is CCCCCCCCSc1c(I)sc2c(SCCCCCCCC)c(I)sc12. The second kappa shape index (κ2) is 15.6. The second-order valence-electron chi connectivity index (χ2n) is 7.30. The van der Waals surface area contributed by atoms with E-state index in [-0.39, 0.29) is 0 Å². The van der Waals surface area contributed by atoms with Crippen LogP contribution in [0.1, 0.15) is 90.9 Å². The Hall–Kier alpha value is 1.82. The van der Waals surface area contributed by atoms with Crippen LogP contribution in [0, 0.1) is 5.77 Å². The molecule has 2 aromatic heterocycles. The minimum atomic E-state index is 1.28. The highest BCUT2D eigenvalue weighted by molar-refractivity contribution is 14.1. The summed E-state index contributed by atoms with van der Waals surface area (Å²) in [6.45, 7) is 4.59. The molecule has 0 spiro atoms. The highest BCUT2D eigenvalue weighted by atomic mass is 127. The average Bonchev–Trinajstić information content (AvgIpc) is 3.14. The minimum Gasteiger partial charge on any atom is -0.126 e. The van der Waals surface area contributed by atoms with E-state index in [0.717, 1.165) is 0 Å². The third-order valence-electron chi connectivity index (χ3n) is 4.85. The van der Waals surface area contributed by atoms with Crippen LogP contribution >= 0.6 is 91.4 Å². The molecule has 0 N–H and O–H groups in total. The molecule has 0 nitrogen and oxygen atoms in total. The summed E-state index contributed by atoms with van der Waals surface area (Å²) in [6, 6.07) is 0. The summed E-state index contributed by atoms with van der Waals surface area (Å²) in [5, 5.41) is 0. The quantitative estimate of drug-likeness (QED) is 0.0983. The maximum Gasteiger partial charge on any atom is 0.0810 e. The Kier molecular flexibility index (Phi) is 14.5. The van der Waals surface area contributed by atoms with Gasteiger partial charge in [-0.05, 0) is 69.5 Å². The normalized spacial score (nSPS) is 11.7. The third-order valence-corrected chi connectivity index (χ3v) is 13.0. The molecule has 2 aromatic rings. The van der Waals surface area contributed by atoms with Crippen molar-refractivity contribution in [1.29, 1.82) is 0 Å². The first-order valence-electron chi connectivity index (χ1n) is 10.8. The lowest BCUT2D eigenvalue weighted by molar-refractivity contribution is 0.627. The molecular weight excluding hydrogens is 646 g/mol. The predicted molar refractivity (Wildman–Crippen MR) is 153 cm³/mol. The van der Waals surface area contributed by atoms with Crippen molar-refractivity contribution < 1.29 is 0 Å². The molecule has 0 aliphatic carbocycles. The molecule has 0 bridgehead atoms. The van der Waals surface area contributed by atoms with Crippen molar-refractivity contribution in [2.75, 3.05) is 11.5 Å². The average molecular weight is 681 g/mol. The van der Waals surface area contributed by atoms with Crippen LogP contribution in [0.5, 0.6) is 0 Å². The Morgan fingerprint density at radius 2 is 0.929 bits per heavy atom. The van der Waals surface area contributed by atoms with Gasteiger partial charge in [-0.3, -0.25) is 0 Å². The molecule has 0 saturated carbocycles. The van der Waals surface area contributed by atoms with E-state index in [1.165, 1.54) is 94.3 Å². The highest BCUT2D eigenvalue weighted by Crippen LogP contribution is 2.49. The van der Waals surface area contributed by atoms with Crippen LogP contribution in [0.4, 0.5) is 0 Å². The van der Waals surface area contributed by atoms with Crippen molar-refractivity contribution in [3.8, 4) is 0 Å². The number of halogens is 2. The van der Waals surface area contributed by atoms with Crippen molar-refractivity contribution >= 4 is 101 Å². The molecule has 0 fully saturated rings. The lowest BCUT2D eigenvalue weighted by Gasteiger charge is -2.01. The van der Waals surface area contributed by atoms with E-state index >= 15 is 0 Å². The van der Waals surface area contributed by atoms with E-state index in [0.29, 0.717) is 0 Å². The zero-order valence-electron chi connectivity index (χ0n) is 17.3. The van der Waals surface area contributed by atoms with E-state index in [2.05, 4.69) is 82.6 Å². The van der Waals surface area contributed by atoms with Crippen LogP contribution in [0.25, 0.3) is 9.40 Å². The fourth-order valence-electron chi connectivity index (χ4n) is 3.20. The summed E-state index contributed by atoms with van der Waals surface area (Å²) in [4.78, 5) is 3.15. The van der Waals surface area contributed by atoms with Gasteiger partial charge in [0.1, 0.15) is 0 Å². The molecule has 0 aliphatic rings. The molecule has 0 radical (unpaired) electrons. The van der Waals surface area contributed by atoms with Gasteiger partial charge in [0.15, 0.2) is 0 Å². The first-order chi connectivity index (χ1) is 13.7. The Morgan fingerprint density at radius 1 is 0.571 bits per heavy atom. The number of thiophene rings is 2. The van der Waals surface area contributed by atoms with E-state index in [1.807, 2.05) is 22.7 Å². The van der Waals surface area contributed by atoms with E-state index < -0.39 is 0 Å². The summed E-state index contributed by atoms with van der Waals surface area (Å²) >= 11 is 13.4. The van der Waals surface area contributed by atoms with Gasteiger partial charge in [0.05, 0.1) is 15.2 Å². The molecule has 0 unspecified atom stereocenters. The Morgan fingerprint density at radius 3 is 1.32 bits per heavy atom. The van der Waals surface area contributed by atoms with Gasteiger partial charge in [-0.15, -0.1) is 46.2 Å². The maximum absolute atomic E-state index is 2.57. The monoisotopic (exact) mass is 680 g/mol. The van der Waals surface area contributed by atoms with Crippen LogP contribution in [0.15, 0.2) is 9.79 Å². The van der Waals surface area contributed by atoms with E-state index in [4.69, 9.17) is 0 Å². The van der Waals surface area contributed by atoms with Crippen LogP contribution in [0.3, 0.4) is 0 Å². The fraction of sp³-hybridized carbons (Fsp3) is 0.727. The minimum absolute atomic E-state index is 1.28. The number of unbranched alkanes of at least 4 members (excludes halogenated alkanes) is 10. The molecule has 2 rings (SSSR count). The van der Waals surface area contributed by atoms with Crippen molar-refractivity contribution in [1.82, 2.24) is 0 Å². The van der Waals surface area contributed by atoms with Gasteiger partial charge in [0.2, 0.25) is 0 Å². The van der Waals surface area contributed by atoms with Crippen LogP contribution in [-0.2, 0) is 0 Å². The van der Waals surface area contributed by atoms with Crippen molar-refractivity contribution in [3.05, 3.63) is 5.77 Å². The molecule has 0 atom stereocenters. The summed E-state index contributed by atoms with van der Waals surface area (Å²) in [5.41, 5.74) is 0. The largest absolute Gasteiger partial charge is 0.126 e. The predicted octanol–water partition coefficient (Wildman–Crippen LogP) is 11.1. The lowest BCUT2D eigenvalue weighted by Crippen LogP contribution is -1.82. The molecule has 28 heavy (non-hydrogen) atoms. The topological polar surface area (TPSA) is 0 Å². The molecule has 6 heteroatoms. The van der Waals surface area contributed by atoms with E-state index in [1.54, 1.807) is 19.2 Å². The smallest absolute Gasteiger partial charge is 0.0810 e. The molecule has 2 heterocycles. The van der Waals surface area contributed by atoms with Crippen molar-refractivity contribution in [2.45, 2.75) is 101 Å². The number of hydrogen-bond acceptors (Lipinski definition) is 4. The van der Waals surface area contributed by atoms with Crippen molar-refractivity contribution in [3.63, 3.8) is 0 Å². The summed E-state index contributed by atoms with van der Waals surface area (Å²) in [5.74, 6) is 2.56. The van der Waals surface area contributed by atoms with Gasteiger partial charge in [-0.25, -0.2) is 0 Å². The second-order valence-corrected chi connectivity index (χ2v) is 15.2. The summed E-state index contributed by atoms with van der Waals surface area (Å²) in [7, 11) is 0. The number of rotatable bonds is 16. The first kappa shape index (κ1) is 26.1. The van der Waals surface area contributed by atoms with Gasteiger partial charge in [0, 0.05) is 9.79 Å². The fourth-order valence-corrected chi connectivity index (χ4v) is 11.4. The Labute approximate surface area is 216 Å². The summed E-state index contributed by atoms with van der Waals surface area (Å²) < 4.78 is 6.15. The van der Waals surface area contributed by atoms with E-state index in [9.17, 15) is 0 Å². The highest BCUT2D eigenvalue weighted by Gasteiger charge is 2.19. The number of hydrogen-bond donors (Lipinski definition) is 0. The maximum atomic E-state index is 2.57. The first-order valence-corrected chi connectivity index (χ1v) is 16.6. The molecule has 0 saturated heterocycles. The molecule has 160 valence electrons. The number of fused-ring (bicyclic) bond motifs is 1. The van der Waals surface area contributed by atoms with Gasteiger partial charge < -0.3 is 0 Å². The van der Waals surface area contributed by atoms with Crippen LogP contribution in [-0.4, -0.2) is 11.5 Å².